The van der Waals surface area contributed by atoms with E-state index in [4.69, 9.17) is 5.73 Å². The second kappa shape index (κ2) is 8.24. The largest absolute Gasteiger partial charge is 0.384 e. The molecule has 0 radical (unpaired) electrons. The minimum Gasteiger partial charge on any atom is -0.384 e. The summed E-state index contributed by atoms with van der Waals surface area (Å²) in [5, 5.41) is 3.63. The molecule has 0 aliphatic carbocycles. The third kappa shape index (κ3) is 4.41. The number of amides is 1. The number of aromatic nitrogens is 3. The number of hydrogen-bond donors (Lipinski definition) is 2. The lowest BCUT2D eigenvalue weighted by molar-refractivity contribution is 0.0950. The van der Waals surface area contributed by atoms with Crippen molar-refractivity contribution < 1.29 is 9.18 Å². The van der Waals surface area contributed by atoms with E-state index in [1.54, 1.807) is 24.4 Å². The van der Waals surface area contributed by atoms with Crippen LogP contribution >= 0.6 is 0 Å². The lowest BCUT2D eigenvalue weighted by Gasteiger charge is -2.09. The Hall–Kier alpha value is -3.87. The van der Waals surface area contributed by atoms with Crippen LogP contribution in [0.3, 0.4) is 0 Å². The van der Waals surface area contributed by atoms with Crippen molar-refractivity contribution in [1.82, 2.24) is 20.3 Å². The number of fused-ring (bicyclic) bond motifs is 1. The molecule has 1 aromatic carbocycles. The standard InChI is InChI=1S/C23H20FN5O/c1-14-17(3-5-22(25)29-14)12-28-23(30)16-6-7-26-20(11-16)9-15-2-4-21-18(8-15)10-19(24)13-27-21/h2-8,10-11,13H,9,12H2,1H3,(H2,25,29)(H,28,30). The topological polar surface area (TPSA) is 93.8 Å². The molecule has 150 valence electrons. The van der Waals surface area contributed by atoms with Gasteiger partial charge in [-0.2, -0.15) is 0 Å². The first-order chi connectivity index (χ1) is 14.5. The zero-order chi connectivity index (χ0) is 21.1. The van der Waals surface area contributed by atoms with Crippen LogP contribution < -0.4 is 11.1 Å². The molecular weight excluding hydrogens is 381 g/mol. The first-order valence-electron chi connectivity index (χ1n) is 9.47. The Kier molecular flexibility index (Phi) is 5.34. The van der Waals surface area contributed by atoms with Crippen LogP contribution in [-0.2, 0) is 13.0 Å². The summed E-state index contributed by atoms with van der Waals surface area (Å²) >= 11 is 0. The molecule has 4 rings (SSSR count). The lowest BCUT2D eigenvalue weighted by atomic mass is 10.0. The van der Waals surface area contributed by atoms with E-state index >= 15 is 0 Å². The van der Waals surface area contributed by atoms with Crippen LogP contribution in [0, 0.1) is 12.7 Å². The molecule has 0 spiro atoms. The number of halogens is 1. The monoisotopic (exact) mass is 401 g/mol. The lowest BCUT2D eigenvalue weighted by Crippen LogP contribution is -2.23. The van der Waals surface area contributed by atoms with Crippen molar-refractivity contribution in [2.45, 2.75) is 19.9 Å². The van der Waals surface area contributed by atoms with Crippen molar-refractivity contribution in [2.75, 3.05) is 5.73 Å². The summed E-state index contributed by atoms with van der Waals surface area (Å²) < 4.78 is 13.4. The number of nitrogens with two attached hydrogens (primary N) is 1. The fourth-order valence-electron chi connectivity index (χ4n) is 3.26. The molecule has 3 N–H and O–H groups in total. The number of aryl methyl sites for hydroxylation is 1. The fraction of sp³-hybridized carbons (Fsp3) is 0.130. The first-order valence-corrected chi connectivity index (χ1v) is 9.47. The Labute approximate surface area is 173 Å². The van der Waals surface area contributed by atoms with E-state index in [1.807, 2.05) is 31.2 Å². The van der Waals surface area contributed by atoms with Crippen molar-refractivity contribution in [1.29, 1.82) is 0 Å². The molecule has 1 amide bonds. The summed E-state index contributed by atoms with van der Waals surface area (Å²) in [6, 6.07) is 14.1. The van der Waals surface area contributed by atoms with Crippen LogP contribution in [0.15, 0.2) is 60.9 Å². The fourth-order valence-corrected chi connectivity index (χ4v) is 3.26. The van der Waals surface area contributed by atoms with Crippen LogP contribution in [-0.4, -0.2) is 20.9 Å². The molecular formula is C23H20FN5O. The predicted molar refractivity (Wildman–Crippen MR) is 113 cm³/mol. The van der Waals surface area contributed by atoms with Crippen LogP contribution in [0.1, 0.15) is 32.9 Å². The average Bonchev–Trinajstić information content (AvgIpc) is 2.73. The number of hydrogen-bond acceptors (Lipinski definition) is 5. The van der Waals surface area contributed by atoms with Gasteiger partial charge >= 0.3 is 0 Å². The first kappa shape index (κ1) is 19.4. The average molecular weight is 401 g/mol. The van der Waals surface area contributed by atoms with Crippen LogP contribution in [0.4, 0.5) is 10.2 Å². The van der Waals surface area contributed by atoms with Gasteiger partial charge in [-0.25, -0.2) is 9.37 Å². The Morgan fingerprint density at radius 3 is 2.80 bits per heavy atom. The molecule has 0 unspecified atom stereocenters. The van der Waals surface area contributed by atoms with Crippen LogP contribution in [0.25, 0.3) is 10.9 Å². The van der Waals surface area contributed by atoms with E-state index in [2.05, 4.69) is 20.3 Å². The predicted octanol–water partition coefficient (Wildman–Crippen LogP) is 3.58. The highest BCUT2D eigenvalue weighted by Crippen LogP contribution is 2.17. The molecule has 0 fully saturated rings. The number of anilines is 1. The van der Waals surface area contributed by atoms with E-state index in [-0.39, 0.29) is 11.7 Å². The van der Waals surface area contributed by atoms with Crippen LogP contribution in [0.2, 0.25) is 0 Å². The van der Waals surface area contributed by atoms with E-state index < -0.39 is 0 Å². The van der Waals surface area contributed by atoms with Gasteiger partial charge in [0.25, 0.3) is 5.91 Å². The van der Waals surface area contributed by atoms with E-state index in [0.717, 1.165) is 33.4 Å². The van der Waals surface area contributed by atoms with Gasteiger partial charge in [0.1, 0.15) is 11.6 Å². The molecule has 6 nitrogen and oxygen atoms in total. The maximum Gasteiger partial charge on any atom is 0.251 e. The van der Waals surface area contributed by atoms with Gasteiger partial charge in [-0.05, 0) is 54.4 Å². The van der Waals surface area contributed by atoms with Gasteiger partial charge in [-0.1, -0.05) is 12.1 Å². The smallest absolute Gasteiger partial charge is 0.251 e. The van der Waals surface area contributed by atoms with E-state index in [0.29, 0.717) is 24.3 Å². The number of pyridine rings is 3. The summed E-state index contributed by atoms with van der Waals surface area (Å²) in [5.74, 6) is -0.115. The Bertz CT molecular complexity index is 1240. The van der Waals surface area contributed by atoms with Crippen molar-refractivity contribution >= 4 is 22.6 Å². The maximum atomic E-state index is 13.4. The molecule has 0 aliphatic heterocycles. The molecule has 7 heteroatoms. The normalized spacial score (nSPS) is 10.9. The quantitative estimate of drug-likeness (QED) is 0.533. The van der Waals surface area contributed by atoms with Gasteiger partial charge in [-0.3, -0.25) is 14.8 Å². The van der Waals surface area contributed by atoms with Gasteiger partial charge in [0.05, 0.1) is 11.7 Å². The number of nitrogens with one attached hydrogen (secondary N) is 1. The van der Waals surface area contributed by atoms with Gasteiger partial charge in [0.2, 0.25) is 0 Å². The summed E-state index contributed by atoms with van der Waals surface area (Å²) in [6.45, 7) is 2.21. The third-order valence-electron chi connectivity index (χ3n) is 4.83. The highest BCUT2D eigenvalue weighted by Gasteiger charge is 2.09. The number of rotatable bonds is 5. The number of benzene rings is 1. The number of nitrogen functional groups attached to an aromatic ring is 1. The maximum absolute atomic E-state index is 13.4. The van der Waals surface area contributed by atoms with Crippen molar-refractivity contribution in [3.63, 3.8) is 0 Å². The third-order valence-corrected chi connectivity index (χ3v) is 4.83. The molecule has 3 heterocycles. The number of carbonyl (C=O) groups is 1. The van der Waals surface area contributed by atoms with Gasteiger partial charge in [-0.15, -0.1) is 0 Å². The SMILES string of the molecule is Cc1nc(N)ccc1CNC(=O)c1ccnc(Cc2ccc3ncc(F)cc3c2)c1. The van der Waals surface area contributed by atoms with Crippen molar-refractivity contribution in [3.05, 3.63) is 94.8 Å². The van der Waals surface area contributed by atoms with Gasteiger partial charge < -0.3 is 11.1 Å². The Balaban J connectivity index is 1.47. The second-order valence-corrected chi connectivity index (χ2v) is 7.06. The minimum atomic E-state index is -0.372. The molecule has 0 aliphatic rings. The van der Waals surface area contributed by atoms with Crippen molar-refractivity contribution in [3.8, 4) is 0 Å². The minimum absolute atomic E-state index is 0.195. The Morgan fingerprint density at radius 2 is 1.97 bits per heavy atom. The van der Waals surface area contributed by atoms with E-state index in [9.17, 15) is 9.18 Å². The molecule has 4 aromatic rings. The van der Waals surface area contributed by atoms with Crippen LogP contribution in [0.5, 0.6) is 0 Å². The number of carbonyl (C=O) groups excluding carboxylic acids is 1. The summed E-state index contributed by atoms with van der Waals surface area (Å²) in [4.78, 5) is 25.2. The molecule has 0 atom stereocenters. The molecule has 3 aromatic heterocycles. The second-order valence-electron chi connectivity index (χ2n) is 7.06. The summed E-state index contributed by atoms with van der Waals surface area (Å²) in [6.07, 6.45) is 3.34. The molecule has 30 heavy (non-hydrogen) atoms. The zero-order valence-electron chi connectivity index (χ0n) is 16.4. The summed E-state index contributed by atoms with van der Waals surface area (Å²) in [7, 11) is 0. The highest BCUT2D eigenvalue weighted by molar-refractivity contribution is 5.94. The number of nitrogens with zero attached hydrogens (tertiary/aromatic N) is 3. The highest BCUT2D eigenvalue weighted by atomic mass is 19.1. The van der Waals surface area contributed by atoms with Crippen molar-refractivity contribution in [2.24, 2.45) is 0 Å². The van der Waals surface area contributed by atoms with Gasteiger partial charge in [0.15, 0.2) is 0 Å². The summed E-state index contributed by atoms with van der Waals surface area (Å²) in [5.41, 5.74) is 10.3. The molecule has 0 saturated heterocycles. The van der Waals surface area contributed by atoms with E-state index in [1.165, 1.54) is 12.3 Å². The Morgan fingerprint density at radius 1 is 1.10 bits per heavy atom. The molecule has 0 bridgehead atoms. The molecule has 0 saturated carbocycles. The van der Waals surface area contributed by atoms with Gasteiger partial charge in [0, 0.05) is 41.5 Å². The zero-order valence-corrected chi connectivity index (χ0v) is 16.4.